The first-order valence-electron chi connectivity index (χ1n) is 6.24. The molecule has 0 aromatic heterocycles. The fourth-order valence-corrected chi connectivity index (χ4v) is 2.21. The van der Waals surface area contributed by atoms with Crippen molar-refractivity contribution in [2.75, 3.05) is 24.5 Å². The van der Waals surface area contributed by atoms with Crippen LogP contribution in [0.15, 0.2) is 18.2 Å². The highest BCUT2D eigenvalue weighted by molar-refractivity contribution is 5.54. The second-order valence-electron chi connectivity index (χ2n) is 4.62. The van der Waals surface area contributed by atoms with Gasteiger partial charge in [-0.1, -0.05) is 6.92 Å². The molecule has 0 unspecified atom stereocenters. The summed E-state index contributed by atoms with van der Waals surface area (Å²) in [4.78, 5) is 2.45. The van der Waals surface area contributed by atoms with E-state index < -0.39 is 0 Å². The van der Waals surface area contributed by atoms with E-state index in [-0.39, 0.29) is 0 Å². The summed E-state index contributed by atoms with van der Waals surface area (Å²) in [5.41, 5.74) is 3.09. The highest BCUT2D eigenvalue weighted by atomic mass is 15.2. The van der Waals surface area contributed by atoms with Crippen molar-refractivity contribution < 1.29 is 0 Å². The molecule has 3 nitrogen and oxygen atoms in total. The Balaban J connectivity index is 2.23. The zero-order valence-corrected chi connectivity index (χ0v) is 10.5. The lowest BCUT2D eigenvalue weighted by Crippen LogP contribution is -2.57. The molecule has 0 amide bonds. The molecule has 1 aromatic carbocycles. The Kier molecular flexibility index (Phi) is 3.65. The van der Waals surface area contributed by atoms with Gasteiger partial charge in [0.15, 0.2) is 0 Å². The van der Waals surface area contributed by atoms with Crippen LogP contribution in [-0.2, 0) is 0 Å². The number of aryl methyl sites for hydroxylation is 1. The van der Waals surface area contributed by atoms with E-state index in [1.807, 2.05) is 13.0 Å². The van der Waals surface area contributed by atoms with Gasteiger partial charge >= 0.3 is 0 Å². The molecule has 1 saturated heterocycles. The number of nitrogens with zero attached hydrogens (tertiary/aromatic N) is 2. The van der Waals surface area contributed by atoms with Crippen LogP contribution in [0.4, 0.5) is 5.69 Å². The average Bonchev–Trinajstić information content (AvgIpc) is 2.26. The first-order chi connectivity index (χ1) is 8.26. The minimum absolute atomic E-state index is 0.613. The molecule has 0 spiro atoms. The minimum Gasteiger partial charge on any atom is -0.366 e. The fraction of sp³-hybridized carbons (Fsp3) is 0.500. The van der Waals surface area contributed by atoms with Crippen LogP contribution in [0, 0.1) is 18.3 Å². The highest BCUT2D eigenvalue weighted by Crippen LogP contribution is 2.22. The largest absolute Gasteiger partial charge is 0.366 e. The maximum atomic E-state index is 8.94. The van der Waals surface area contributed by atoms with Crippen molar-refractivity contribution in [1.29, 1.82) is 5.26 Å². The zero-order chi connectivity index (χ0) is 12.3. The molecule has 0 bridgehead atoms. The van der Waals surface area contributed by atoms with Crippen molar-refractivity contribution >= 4 is 5.69 Å². The smallest absolute Gasteiger partial charge is 0.0994 e. The predicted molar refractivity (Wildman–Crippen MR) is 70.2 cm³/mol. The van der Waals surface area contributed by atoms with Crippen LogP contribution in [0.25, 0.3) is 0 Å². The van der Waals surface area contributed by atoms with Crippen molar-refractivity contribution in [3.05, 3.63) is 29.3 Å². The Hall–Kier alpha value is -1.53. The molecule has 0 atom stereocenters. The van der Waals surface area contributed by atoms with E-state index in [1.54, 1.807) is 0 Å². The molecular formula is C14H19N3. The minimum atomic E-state index is 0.613. The van der Waals surface area contributed by atoms with Crippen molar-refractivity contribution in [1.82, 2.24) is 5.32 Å². The average molecular weight is 229 g/mol. The summed E-state index contributed by atoms with van der Waals surface area (Å²) < 4.78 is 0. The second-order valence-corrected chi connectivity index (χ2v) is 4.62. The summed E-state index contributed by atoms with van der Waals surface area (Å²) in [6.45, 7) is 7.43. The number of rotatable bonds is 4. The van der Waals surface area contributed by atoms with Crippen LogP contribution >= 0.6 is 0 Å². The van der Waals surface area contributed by atoms with Gasteiger partial charge < -0.3 is 10.2 Å². The molecule has 1 aliphatic heterocycles. The summed E-state index contributed by atoms with van der Waals surface area (Å²) >= 11 is 0. The highest BCUT2D eigenvalue weighted by Gasteiger charge is 2.24. The van der Waals surface area contributed by atoms with E-state index in [9.17, 15) is 0 Å². The second kappa shape index (κ2) is 5.20. The van der Waals surface area contributed by atoms with Gasteiger partial charge in [0.2, 0.25) is 0 Å². The van der Waals surface area contributed by atoms with Gasteiger partial charge in [-0.3, -0.25) is 0 Å². The number of benzene rings is 1. The maximum absolute atomic E-state index is 8.94. The lowest BCUT2D eigenvalue weighted by Gasteiger charge is -2.40. The summed E-state index contributed by atoms with van der Waals surface area (Å²) in [6.07, 6.45) is 1.15. The number of anilines is 1. The molecule has 1 aliphatic rings. The van der Waals surface area contributed by atoms with E-state index >= 15 is 0 Å². The number of nitrogens with one attached hydrogen (secondary N) is 1. The maximum Gasteiger partial charge on any atom is 0.0994 e. The van der Waals surface area contributed by atoms with Gasteiger partial charge in [0, 0.05) is 25.3 Å². The predicted octanol–water partition coefficient (Wildman–Crippen LogP) is 2.05. The van der Waals surface area contributed by atoms with Gasteiger partial charge in [0.1, 0.15) is 0 Å². The summed E-state index contributed by atoms with van der Waals surface area (Å²) in [7, 11) is 0. The molecule has 1 aromatic rings. The van der Waals surface area contributed by atoms with Crippen LogP contribution in [0.5, 0.6) is 0 Å². The van der Waals surface area contributed by atoms with E-state index in [1.165, 1.54) is 5.69 Å². The number of hydrogen-bond acceptors (Lipinski definition) is 3. The fourth-order valence-electron chi connectivity index (χ4n) is 2.21. The Bertz CT molecular complexity index is 430. The standard InChI is InChI=1S/C14H19N3/c1-3-6-17(14-9-16-10-14)13-5-4-12(8-15)11(2)7-13/h4-5,7,14,16H,3,6,9-10H2,1-2H3. The normalized spacial score (nSPS) is 15.1. The van der Waals surface area contributed by atoms with Gasteiger partial charge in [0.25, 0.3) is 0 Å². The molecule has 17 heavy (non-hydrogen) atoms. The Morgan fingerprint density at radius 1 is 1.47 bits per heavy atom. The van der Waals surface area contributed by atoms with E-state index in [0.29, 0.717) is 6.04 Å². The van der Waals surface area contributed by atoms with Crippen LogP contribution in [0.1, 0.15) is 24.5 Å². The monoisotopic (exact) mass is 229 g/mol. The Labute approximate surface area is 103 Å². The first kappa shape index (κ1) is 11.9. The quantitative estimate of drug-likeness (QED) is 0.859. The molecular weight excluding hydrogens is 210 g/mol. The first-order valence-corrected chi connectivity index (χ1v) is 6.24. The van der Waals surface area contributed by atoms with Crippen molar-refractivity contribution in [2.45, 2.75) is 26.3 Å². The molecule has 2 rings (SSSR count). The van der Waals surface area contributed by atoms with Crippen LogP contribution < -0.4 is 10.2 Å². The molecule has 0 aliphatic carbocycles. The molecule has 1 N–H and O–H groups in total. The summed E-state index contributed by atoms with van der Waals surface area (Å²) in [6, 6.07) is 8.96. The van der Waals surface area contributed by atoms with E-state index in [0.717, 1.165) is 37.2 Å². The molecule has 1 fully saturated rings. The third-order valence-electron chi connectivity index (χ3n) is 3.33. The zero-order valence-electron chi connectivity index (χ0n) is 10.5. The van der Waals surface area contributed by atoms with E-state index in [2.05, 4.69) is 35.3 Å². The topological polar surface area (TPSA) is 39.1 Å². The van der Waals surface area contributed by atoms with Crippen LogP contribution in [-0.4, -0.2) is 25.7 Å². The molecule has 1 heterocycles. The van der Waals surface area contributed by atoms with Gasteiger partial charge in [0.05, 0.1) is 17.7 Å². The van der Waals surface area contributed by atoms with Gasteiger partial charge in [-0.15, -0.1) is 0 Å². The van der Waals surface area contributed by atoms with Crippen molar-refractivity contribution in [3.63, 3.8) is 0 Å². The van der Waals surface area contributed by atoms with Gasteiger partial charge in [-0.25, -0.2) is 0 Å². The number of hydrogen-bond donors (Lipinski definition) is 1. The molecule has 0 saturated carbocycles. The van der Waals surface area contributed by atoms with E-state index in [4.69, 9.17) is 5.26 Å². The number of nitriles is 1. The molecule has 90 valence electrons. The van der Waals surface area contributed by atoms with Crippen LogP contribution in [0.3, 0.4) is 0 Å². The SMILES string of the molecule is CCCN(c1ccc(C#N)c(C)c1)C1CNC1. The van der Waals surface area contributed by atoms with Crippen molar-refractivity contribution in [2.24, 2.45) is 0 Å². The lowest BCUT2D eigenvalue weighted by molar-refractivity contribution is 0.412. The third kappa shape index (κ3) is 2.42. The van der Waals surface area contributed by atoms with Crippen LogP contribution in [0.2, 0.25) is 0 Å². The summed E-state index contributed by atoms with van der Waals surface area (Å²) in [5.74, 6) is 0. The summed E-state index contributed by atoms with van der Waals surface area (Å²) in [5, 5.41) is 12.3. The van der Waals surface area contributed by atoms with Gasteiger partial charge in [-0.2, -0.15) is 5.26 Å². The Morgan fingerprint density at radius 2 is 2.24 bits per heavy atom. The molecule has 3 heteroatoms. The van der Waals surface area contributed by atoms with Crippen molar-refractivity contribution in [3.8, 4) is 6.07 Å². The third-order valence-corrected chi connectivity index (χ3v) is 3.33. The van der Waals surface area contributed by atoms with Gasteiger partial charge in [-0.05, 0) is 37.1 Å². The lowest BCUT2D eigenvalue weighted by atomic mass is 10.1. The Morgan fingerprint density at radius 3 is 2.71 bits per heavy atom. The molecule has 0 radical (unpaired) electrons.